The SMILES string of the molecule is COC(=O)Cc1ccc(N2C(=O)C(=O)/C(=C(/O)c3cccc4ccccc34)C2c2ccccc2C)cc1. The van der Waals surface area contributed by atoms with Gasteiger partial charge in [-0.15, -0.1) is 0 Å². The molecule has 4 aromatic carbocycles. The number of nitrogens with zero attached hydrogens (tertiary/aromatic N) is 1. The summed E-state index contributed by atoms with van der Waals surface area (Å²) in [6.07, 6.45) is 0.0951. The van der Waals surface area contributed by atoms with Crippen LogP contribution in [0.25, 0.3) is 16.5 Å². The normalized spacial score (nSPS) is 16.8. The molecule has 0 saturated carbocycles. The van der Waals surface area contributed by atoms with E-state index in [0.29, 0.717) is 11.3 Å². The molecule has 5 rings (SSSR count). The van der Waals surface area contributed by atoms with Crippen molar-refractivity contribution in [3.63, 3.8) is 0 Å². The number of hydrogen-bond acceptors (Lipinski definition) is 5. The number of carbonyl (C=O) groups is 3. The number of ether oxygens (including phenoxy) is 1. The number of ketones is 1. The van der Waals surface area contributed by atoms with Crippen molar-refractivity contribution in [1.29, 1.82) is 0 Å². The van der Waals surface area contributed by atoms with E-state index in [9.17, 15) is 19.5 Å². The molecule has 1 aliphatic heterocycles. The van der Waals surface area contributed by atoms with Gasteiger partial charge < -0.3 is 9.84 Å². The van der Waals surface area contributed by atoms with E-state index >= 15 is 0 Å². The Morgan fingerprint density at radius 1 is 0.892 bits per heavy atom. The number of methoxy groups -OCH3 is 1. The molecule has 6 heteroatoms. The van der Waals surface area contributed by atoms with Crippen LogP contribution >= 0.6 is 0 Å². The highest BCUT2D eigenvalue weighted by atomic mass is 16.5. The van der Waals surface area contributed by atoms with Crippen LogP contribution in [0.4, 0.5) is 5.69 Å². The summed E-state index contributed by atoms with van der Waals surface area (Å²) in [6, 6.07) is 26.6. The van der Waals surface area contributed by atoms with Gasteiger partial charge in [-0.3, -0.25) is 19.3 Å². The van der Waals surface area contributed by atoms with Crippen molar-refractivity contribution in [1.82, 2.24) is 0 Å². The molecule has 4 aromatic rings. The van der Waals surface area contributed by atoms with Crippen molar-refractivity contribution in [2.45, 2.75) is 19.4 Å². The number of aliphatic hydroxyl groups is 1. The second-order valence-electron chi connectivity index (χ2n) is 8.97. The van der Waals surface area contributed by atoms with Crippen molar-refractivity contribution in [2.75, 3.05) is 12.0 Å². The van der Waals surface area contributed by atoms with Gasteiger partial charge in [0, 0.05) is 11.3 Å². The van der Waals surface area contributed by atoms with E-state index in [2.05, 4.69) is 0 Å². The molecule has 0 bridgehead atoms. The largest absolute Gasteiger partial charge is 0.507 e. The monoisotopic (exact) mass is 491 g/mol. The minimum absolute atomic E-state index is 0.0364. The molecule has 1 aliphatic rings. The summed E-state index contributed by atoms with van der Waals surface area (Å²) < 4.78 is 4.73. The molecule has 1 atom stereocenters. The van der Waals surface area contributed by atoms with Crippen LogP contribution in [0.1, 0.15) is 28.3 Å². The maximum atomic E-state index is 13.5. The zero-order valence-corrected chi connectivity index (χ0v) is 20.5. The highest BCUT2D eigenvalue weighted by Crippen LogP contribution is 2.43. The number of benzene rings is 4. The van der Waals surface area contributed by atoms with Crippen LogP contribution in [0.5, 0.6) is 0 Å². The minimum atomic E-state index is -0.827. The first-order valence-electron chi connectivity index (χ1n) is 11.9. The van der Waals surface area contributed by atoms with Crippen molar-refractivity contribution in [3.05, 3.63) is 119 Å². The third-order valence-corrected chi connectivity index (χ3v) is 6.76. The number of esters is 1. The summed E-state index contributed by atoms with van der Waals surface area (Å²) in [5.41, 5.74) is 3.35. The zero-order valence-electron chi connectivity index (χ0n) is 20.5. The average Bonchev–Trinajstić information content (AvgIpc) is 3.18. The van der Waals surface area contributed by atoms with Crippen molar-refractivity contribution < 1.29 is 24.2 Å². The van der Waals surface area contributed by atoms with Crippen LogP contribution in [-0.2, 0) is 25.5 Å². The summed E-state index contributed by atoms with van der Waals surface area (Å²) in [5.74, 6) is -2.07. The lowest BCUT2D eigenvalue weighted by atomic mass is 9.91. The standard InChI is InChI=1S/C31H25NO5/c1-19-8-3-5-11-23(19)28-27(29(34)25-13-7-10-21-9-4-6-12-24(21)25)30(35)31(36)32(28)22-16-14-20(15-17-22)18-26(33)37-2/h3-17,28,34H,18H2,1-2H3/b29-27+. The molecule has 0 spiro atoms. The van der Waals surface area contributed by atoms with Crippen LogP contribution in [0, 0.1) is 6.92 Å². The molecule has 184 valence electrons. The van der Waals surface area contributed by atoms with E-state index < -0.39 is 17.7 Å². The molecule has 1 fully saturated rings. The fraction of sp³-hybridized carbons (Fsp3) is 0.129. The van der Waals surface area contributed by atoms with Gasteiger partial charge in [0.2, 0.25) is 0 Å². The molecule has 1 saturated heterocycles. The number of rotatable bonds is 5. The van der Waals surface area contributed by atoms with Crippen LogP contribution in [-0.4, -0.2) is 29.9 Å². The number of Topliss-reactive ketones (excluding diaryl/α,β-unsaturated/α-hetero) is 1. The molecule has 37 heavy (non-hydrogen) atoms. The Bertz CT molecular complexity index is 1560. The Kier molecular flexibility index (Phi) is 6.32. The van der Waals surface area contributed by atoms with Gasteiger partial charge in [-0.05, 0) is 46.5 Å². The van der Waals surface area contributed by atoms with Gasteiger partial charge in [0.1, 0.15) is 5.76 Å². The quantitative estimate of drug-likeness (QED) is 0.173. The molecular formula is C31H25NO5. The van der Waals surface area contributed by atoms with Crippen LogP contribution in [0.2, 0.25) is 0 Å². The van der Waals surface area contributed by atoms with E-state index in [1.165, 1.54) is 12.0 Å². The van der Waals surface area contributed by atoms with Crippen molar-refractivity contribution >= 4 is 39.9 Å². The molecule has 6 nitrogen and oxygen atoms in total. The minimum Gasteiger partial charge on any atom is -0.507 e. The first-order chi connectivity index (χ1) is 17.9. The number of hydrogen-bond donors (Lipinski definition) is 1. The number of carbonyl (C=O) groups excluding carboxylic acids is 3. The van der Waals surface area contributed by atoms with E-state index in [-0.39, 0.29) is 23.7 Å². The number of amides is 1. The summed E-state index contributed by atoms with van der Waals surface area (Å²) in [4.78, 5) is 40.1. The molecule has 0 aliphatic carbocycles. The second kappa shape index (κ2) is 9.74. The smallest absolute Gasteiger partial charge is 0.309 e. The van der Waals surface area contributed by atoms with Gasteiger partial charge in [-0.2, -0.15) is 0 Å². The molecular weight excluding hydrogens is 466 g/mol. The topological polar surface area (TPSA) is 83.9 Å². The fourth-order valence-corrected chi connectivity index (χ4v) is 4.88. The number of aliphatic hydroxyl groups excluding tert-OH is 1. The zero-order chi connectivity index (χ0) is 26.1. The molecule has 0 aromatic heterocycles. The highest BCUT2D eigenvalue weighted by Gasteiger charge is 2.47. The summed E-state index contributed by atoms with van der Waals surface area (Å²) >= 11 is 0. The molecule has 0 radical (unpaired) electrons. The average molecular weight is 492 g/mol. The number of aryl methyl sites for hydroxylation is 1. The van der Waals surface area contributed by atoms with Gasteiger partial charge in [0.15, 0.2) is 0 Å². The lowest BCUT2D eigenvalue weighted by Gasteiger charge is -2.27. The Hall–Kier alpha value is -4.71. The summed E-state index contributed by atoms with van der Waals surface area (Å²) in [6.45, 7) is 1.91. The first kappa shape index (κ1) is 24.0. The molecule has 1 N–H and O–H groups in total. The third-order valence-electron chi connectivity index (χ3n) is 6.76. The van der Waals surface area contributed by atoms with Crippen molar-refractivity contribution in [3.8, 4) is 0 Å². The maximum Gasteiger partial charge on any atom is 0.309 e. The Morgan fingerprint density at radius 3 is 2.30 bits per heavy atom. The first-order valence-corrected chi connectivity index (χ1v) is 11.9. The Morgan fingerprint density at radius 2 is 1.57 bits per heavy atom. The van der Waals surface area contributed by atoms with Gasteiger partial charge in [-0.25, -0.2) is 0 Å². The van der Waals surface area contributed by atoms with Crippen LogP contribution in [0.15, 0.2) is 96.6 Å². The molecule has 1 unspecified atom stereocenters. The van der Waals surface area contributed by atoms with Gasteiger partial charge in [0.25, 0.3) is 11.7 Å². The maximum absolute atomic E-state index is 13.5. The van der Waals surface area contributed by atoms with Crippen LogP contribution in [0.3, 0.4) is 0 Å². The van der Waals surface area contributed by atoms with Gasteiger partial charge in [0.05, 0.1) is 25.1 Å². The van der Waals surface area contributed by atoms with E-state index in [4.69, 9.17) is 4.74 Å². The Balaban J connectivity index is 1.69. The summed E-state index contributed by atoms with van der Waals surface area (Å²) in [7, 11) is 1.33. The predicted molar refractivity (Wildman–Crippen MR) is 142 cm³/mol. The molecule has 1 amide bonds. The van der Waals surface area contributed by atoms with E-state index in [1.807, 2.05) is 67.6 Å². The van der Waals surface area contributed by atoms with Crippen LogP contribution < -0.4 is 4.90 Å². The number of fused-ring (bicyclic) bond motifs is 1. The number of anilines is 1. The fourth-order valence-electron chi connectivity index (χ4n) is 4.88. The lowest BCUT2D eigenvalue weighted by molar-refractivity contribution is -0.139. The van der Waals surface area contributed by atoms with E-state index in [0.717, 1.165) is 27.5 Å². The highest BCUT2D eigenvalue weighted by molar-refractivity contribution is 6.51. The summed E-state index contributed by atoms with van der Waals surface area (Å²) in [5, 5.41) is 13.3. The second-order valence-corrected chi connectivity index (χ2v) is 8.97. The van der Waals surface area contributed by atoms with E-state index in [1.54, 1.807) is 30.3 Å². The third kappa shape index (κ3) is 4.27. The van der Waals surface area contributed by atoms with Crippen molar-refractivity contribution in [2.24, 2.45) is 0 Å². The van der Waals surface area contributed by atoms with Gasteiger partial charge in [-0.1, -0.05) is 78.9 Å². The molecule has 1 heterocycles. The predicted octanol–water partition coefficient (Wildman–Crippen LogP) is 5.49. The lowest BCUT2D eigenvalue weighted by Crippen LogP contribution is -2.29. The Labute approximate surface area is 214 Å². The van der Waals surface area contributed by atoms with Gasteiger partial charge >= 0.3 is 5.97 Å².